The van der Waals surface area contributed by atoms with E-state index in [2.05, 4.69) is 15.0 Å². The van der Waals surface area contributed by atoms with Crippen molar-refractivity contribution in [1.82, 2.24) is 15.0 Å². The minimum Gasteiger partial charge on any atom is -0.383 e. The van der Waals surface area contributed by atoms with Crippen LogP contribution in [0.1, 0.15) is 22.1 Å². The molecular weight excluding hydrogens is 368 g/mol. The number of anilines is 1. The molecule has 26 heavy (non-hydrogen) atoms. The van der Waals surface area contributed by atoms with Gasteiger partial charge in [0, 0.05) is 28.4 Å². The molecule has 0 radical (unpaired) electrons. The van der Waals surface area contributed by atoms with Crippen LogP contribution in [0.25, 0.3) is 21.6 Å². The van der Waals surface area contributed by atoms with Gasteiger partial charge in [-0.2, -0.15) is 0 Å². The number of aliphatic hydroxyl groups excluding tert-OH is 1. The number of hydrogen-bond donors (Lipinski definition) is 2. The third-order valence-electron chi connectivity index (χ3n) is 4.09. The van der Waals surface area contributed by atoms with E-state index in [0.717, 1.165) is 21.3 Å². The summed E-state index contributed by atoms with van der Waals surface area (Å²) in [4.78, 5) is 14.5. The molecule has 5 nitrogen and oxygen atoms in total. The molecule has 0 saturated heterocycles. The van der Waals surface area contributed by atoms with Crippen LogP contribution in [0.3, 0.4) is 0 Å². The molecule has 1 atom stereocenters. The number of aryl methyl sites for hydroxylation is 1. The van der Waals surface area contributed by atoms with Crippen LogP contribution in [0.4, 0.5) is 5.82 Å². The number of pyridine rings is 1. The number of nitrogens with two attached hydrogens (primary N) is 1. The molecule has 4 aromatic rings. The van der Waals surface area contributed by atoms with Crippen molar-refractivity contribution in [2.45, 2.75) is 13.0 Å². The molecule has 0 fully saturated rings. The van der Waals surface area contributed by atoms with Gasteiger partial charge in [0.2, 0.25) is 0 Å². The Balaban J connectivity index is 1.80. The smallest absolute Gasteiger partial charge is 0.163 e. The quantitative estimate of drug-likeness (QED) is 0.549. The Morgan fingerprint density at radius 2 is 2.04 bits per heavy atom. The van der Waals surface area contributed by atoms with Crippen molar-refractivity contribution in [2.24, 2.45) is 0 Å². The molecule has 7 heteroatoms. The van der Waals surface area contributed by atoms with E-state index in [1.165, 1.54) is 17.5 Å². The molecule has 0 saturated carbocycles. The summed E-state index contributed by atoms with van der Waals surface area (Å²) in [6.45, 7) is 2.02. The van der Waals surface area contributed by atoms with Gasteiger partial charge in [0.15, 0.2) is 5.82 Å². The van der Waals surface area contributed by atoms with E-state index in [1.807, 2.05) is 37.3 Å². The topological polar surface area (TPSA) is 84.9 Å². The summed E-state index contributed by atoms with van der Waals surface area (Å²) in [5.41, 5.74) is 8.78. The number of thiophene rings is 1. The monoisotopic (exact) mass is 382 g/mol. The van der Waals surface area contributed by atoms with Crippen LogP contribution >= 0.6 is 22.9 Å². The van der Waals surface area contributed by atoms with E-state index in [1.54, 1.807) is 12.3 Å². The maximum absolute atomic E-state index is 10.7. The Bertz CT molecular complexity index is 1110. The summed E-state index contributed by atoms with van der Waals surface area (Å²) >= 11 is 7.52. The number of aromatic nitrogens is 3. The van der Waals surface area contributed by atoms with Gasteiger partial charge >= 0.3 is 0 Å². The molecule has 3 N–H and O–H groups in total. The lowest BCUT2D eigenvalue weighted by Gasteiger charge is -2.09. The van der Waals surface area contributed by atoms with E-state index in [4.69, 9.17) is 17.3 Å². The van der Waals surface area contributed by atoms with E-state index in [9.17, 15) is 5.11 Å². The fourth-order valence-corrected chi connectivity index (χ4v) is 4.04. The highest BCUT2D eigenvalue weighted by molar-refractivity contribution is 7.18. The average Bonchev–Trinajstić information content (AvgIpc) is 3.06. The Hall–Kier alpha value is -2.54. The van der Waals surface area contributed by atoms with Gasteiger partial charge in [-0.3, -0.25) is 4.98 Å². The summed E-state index contributed by atoms with van der Waals surface area (Å²) in [6.07, 6.45) is 2.24. The van der Waals surface area contributed by atoms with Crippen LogP contribution in [0, 0.1) is 6.92 Å². The zero-order valence-electron chi connectivity index (χ0n) is 13.8. The highest BCUT2D eigenvalue weighted by atomic mass is 35.5. The molecular formula is C19H15ClN4OS. The first-order valence-electron chi connectivity index (χ1n) is 7.94. The zero-order chi connectivity index (χ0) is 18.3. The van der Waals surface area contributed by atoms with Gasteiger partial charge in [0.25, 0.3) is 0 Å². The maximum atomic E-state index is 10.7. The molecule has 0 amide bonds. The SMILES string of the molecule is Cc1cccc(-c2nc(N)c3cc(C(O)c4ccncc4Cl)sc3n2)c1. The summed E-state index contributed by atoms with van der Waals surface area (Å²) < 4.78 is 0. The highest BCUT2D eigenvalue weighted by Crippen LogP contribution is 2.37. The van der Waals surface area contributed by atoms with Crippen LogP contribution in [-0.2, 0) is 0 Å². The van der Waals surface area contributed by atoms with Gasteiger partial charge in [-0.1, -0.05) is 35.4 Å². The largest absolute Gasteiger partial charge is 0.383 e. The second-order valence-electron chi connectivity index (χ2n) is 5.97. The highest BCUT2D eigenvalue weighted by Gasteiger charge is 2.19. The summed E-state index contributed by atoms with van der Waals surface area (Å²) in [5, 5.41) is 11.8. The summed E-state index contributed by atoms with van der Waals surface area (Å²) in [6, 6.07) is 11.5. The standard InChI is InChI=1S/C19H15ClN4OS/c1-10-3-2-4-11(7-10)18-23-17(21)13-8-15(26-19(13)24-18)16(25)12-5-6-22-9-14(12)20/h2-9,16,25H,1H3,(H2,21,23,24). The molecule has 0 spiro atoms. The zero-order valence-corrected chi connectivity index (χ0v) is 15.4. The van der Waals surface area contributed by atoms with Crippen LogP contribution in [0.2, 0.25) is 5.02 Å². The van der Waals surface area contributed by atoms with Gasteiger partial charge in [0.05, 0.1) is 10.4 Å². The normalized spacial score (nSPS) is 12.4. The number of benzene rings is 1. The Morgan fingerprint density at radius 3 is 2.81 bits per heavy atom. The molecule has 3 aromatic heterocycles. The number of nitrogens with zero attached hydrogens (tertiary/aromatic N) is 3. The van der Waals surface area contributed by atoms with Gasteiger partial charge < -0.3 is 10.8 Å². The lowest BCUT2D eigenvalue weighted by Crippen LogP contribution is -1.98. The first-order chi connectivity index (χ1) is 12.5. The van der Waals surface area contributed by atoms with Crippen LogP contribution in [-0.4, -0.2) is 20.1 Å². The van der Waals surface area contributed by atoms with Crippen molar-refractivity contribution in [3.8, 4) is 11.4 Å². The fraction of sp³-hybridized carbons (Fsp3) is 0.105. The number of hydrogen-bond acceptors (Lipinski definition) is 6. The predicted molar refractivity (Wildman–Crippen MR) is 105 cm³/mol. The van der Waals surface area contributed by atoms with Crippen molar-refractivity contribution >= 4 is 39.0 Å². The van der Waals surface area contributed by atoms with E-state index in [-0.39, 0.29) is 0 Å². The molecule has 3 heterocycles. The van der Waals surface area contributed by atoms with Gasteiger partial charge in [-0.25, -0.2) is 9.97 Å². The lowest BCUT2D eigenvalue weighted by atomic mass is 10.1. The van der Waals surface area contributed by atoms with Crippen molar-refractivity contribution in [3.05, 3.63) is 69.8 Å². The van der Waals surface area contributed by atoms with Gasteiger partial charge in [-0.05, 0) is 25.1 Å². The van der Waals surface area contributed by atoms with Gasteiger partial charge in [-0.15, -0.1) is 11.3 Å². The minimum atomic E-state index is -0.869. The number of rotatable bonds is 3. The summed E-state index contributed by atoms with van der Waals surface area (Å²) in [7, 11) is 0. The Morgan fingerprint density at radius 1 is 1.19 bits per heavy atom. The van der Waals surface area contributed by atoms with E-state index < -0.39 is 6.10 Å². The number of nitrogen functional groups attached to an aromatic ring is 1. The van der Waals surface area contributed by atoms with E-state index >= 15 is 0 Å². The van der Waals surface area contributed by atoms with Gasteiger partial charge in [0.1, 0.15) is 16.8 Å². The molecule has 1 unspecified atom stereocenters. The first kappa shape index (κ1) is 16.9. The second-order valence-corrected chi connectivity index (χ2v) is 7.44. The van der Waals surface area contributed by atoms with Crippen LogP contribution in [0.15, 0.2) is 48.8 Å². The molecule has 1 aromatic carbocycles. The van der Waals surface area contributed by atoms with Crippen molar-refractivity contribution in [2.75, 3.05) is 5.73 Å². The number of aliphatic hydroxyl groups is 1. The molecule has 0 aliphatic heterocycles. The third-order valence-corrected chi connectivity index (χ3v) is 5.48. The summed E-state index contributed by atoms with van der Waals surface area (Å²) in [5.74, 6) is 0.963. The minimum absolute atomic E-state index is 0.391. The molecule has 0 aliphatic rings. The molecule has 0 aliphatic carbocycles. The predicted octanol–water partition coefficient (Wildman–Crippen LogP) is 4.38. The van der Waals surface area contributed by atoms with Crippen molar-refractivity contribution < 1.29 is 5.11 Å². The van der Waals surface area contributed by atoms with Crippen LogP contribution in [0.5, 0.6) is 0 Å². The Kier molecular flexibility index (Phi) is 4.32. The van der Waals surface area contributed by atoms with Crippen LogP contribution < -0.4 is 5.73 Å². The van der Waals surface area contributed by atoms with Crippen molar-refractivity contribution in [3.63, 3.8) is 0 Å². The first-order valence-corrected chi connectivity index (χ1v) is 9.14. The fourth-order valence-electron chi connectivity index (χ4n) is 2.77. The number of halogens is 1. The van der Waals surface area contributed by atoms with E-state index in [0.29, 0.717) is 27.1 Å². The molecule has 0 bridgehead atoms. The Labute approximate surface area is 159 Å². The molecule has 4 rings (SSSR count). The third kappa shape index (κ3) is 3.03. The maximum Gasteiger partial charge on any atom is 0.163 e. The lowest BCUT2D eigenvalue weighted by molar-refractivity contribution is 0.224. The molecule has 130 valence electrons. The second kappa shape index (κ2) is 6.64. The average molecular weight is 383 g/mol. The number of fused-ring (bicyclic) bond motifs is 1. The van der Waals surface area contributed by atoms with Crippen molar-refractivity contribution in [1.29, 1.82) is 0 Å².